The average Bonchev–Trinajstić information content (AvgIpc) is 3.18. The second kappa shape index (κ2) is 5.85. The van der Waals surface area contributed by atoms with E-state index in [-0.39, 0.29) is 35.4 Å². The van der Waals surface area contributed by atoms with Crippen LogP contribution in [0.3, 0.4) is 0 Å². The molecule has 2 aliphatic carbocycles. The van der Waals surface area contributed by atoms with Crippen LogP contribution in [0.2, 0.25) is 0 Å². The first-order valence-corrected chi connectivity index (χ1v) is 8.03. The molecule has 0 aromatic heterocycles. The van der Waals surface area contributed by atoms with E-state index in [9.17, 15) is 14.7 Å². The van der Waals surface area contributed by atoms with Crippen molar-refractivity contribution in [3.8, 4) is 0 Å². The third kappa shape index (κ3) is 3.50. The van der Waals surface area contributed by atoms with Crippen LogP contribution < -0.4 is 10.6 Å². The topological polar surface area (TPSA) is 78.4 Å². The molecular weight excluding hydrogens is 268 g/mol. The molecule has 0 saturated heterocycles. The second-order valence-electron chi connectivity index (χ2n) is 7.43. The van der Waals surface area contributed by atoms with Gasteiger partial charge >= 0.3 is 12.0 Å². The average molecular weight is 296 g/mol. The van der Waals surface area contributed by atoms with Crippen molar-refractivity contribution >= 4 is 12.0 Å². The monoisotopic (exact) mass is 296 g/mol. The van der Waals surface area contributed by atoms with Crippen LogP contribution in [0.5, 0.6) is 0 Å². The Morgan fingerprint density at radius 3 is 2.33 bits per heavy atom. The number of aliphatic carboxylic acids is 1. The highest BCUT2D eigenvalue weighted by Gasteiger charge is 2.46. The molecular formula is C16H28N2O3. The minimum absolute atomic E-state index is 0.0435. The molecule has 0 aromatic carbocycles. The van der Waals surface area contributed by atoms with Gasteiger partial charge in [-0.15, -0.1) is 0 Å². The Labute approximate surface area is 126 Å². The summed E-state index contributed by atoms with van der Waals surface area (Å²) < 4.78 is 0. The van der Waals surface area contributed by atoms with E-state index in [1.165, 1.54) is 12.8 Å². The fourth-order valence-electron chi connectivity index (χ4n) is 3.57. The zero-order chi connectivity index (χ0) is 15.8. The first-order chi connectivity index (χ1) is 9.73. The van der Waals surface area contributed by atoms with Crippen molar-refractivity contribution in [2.45, 2.75) is 65.5 Å². The molecule has 4 unspecified atom stereocenters. The summed E-state index contributed by atoms with van der Waals surface area (Å²) in [7, 11) is 0. The van der Waals surface area contributed by atoms with Crippen molar-refractivity contribution in [3.05, 3.63) is 0 Å². The number of nitrogens with one attached hydrogen (secondary N) is 2. The Balaban J connectivity index is 1.92. The van der Waals surface area contributed by atoms with Crippen molar-refractivity contribution in [2.24, 2.45) is 23.2 Å². The number of amides is 2. The minimum atomic E-state index is -0.725. The summed E-state index contributed by atoms with van der Waals surface area (Å²) >= 11 is 0. The highest BCUT2D eigenvalue weighted by Crippen LogP contribution is 2.45. The normalized spacial score (nSPS) is 33.0. The van der Waals surface area contributed by atoms with Gasteiger partial charge in [0, 0.05) is 12.1 Å². The molecule has 120 valence electrons. The maximum atomic E-state index is 12.1. The third-order valence-corrected chi connectivity index (χ3v) is 5.74. The summed E-state index contributed by atoms with van der Waals surface area (Å²) in [5.41, 5.74) is -0.315. The van der Waals surface area contributed by atoms with Crippen LogP contribution in [-0.4, -0.2) is 29.2 Å². The molecule has 0 aromatic rings. The molecule has 0 aliphatic heterocycles. The van der Waals surface area contributed by atoms with Crippen molar-refractivity contribution in [3.63, 3.8) is 0 Å². The van der Waals surface area contributed by atoms with E-state index in [4.69, 9.17) is 0 Å². The van der Waals surface area contributed by atoms with Gasteiger partial charge in [-0.1, -0.05) is 20.8 Å². The molecule has 0 heterocycles. The molecule has 0 bridgehead atoms. The molecule has 4 atom stereocenters. The van der Waals surface area contributed by atoms with Gasteiger partial charge in [0.15, 0.2) is 0 Å². The fourth-order valence-corrected chi connectivity index (χ4v) is 3.57. The summed E-state index contributed by atoms with van der Waals surface area (Å²) in [5, 5.41) is 15.4. The number of carboxylic acid groups (broad SMARTS) is 1. The Kier molecular flexibility index (Phi) is 4.49. The number of carbonyl (C=O) groups is 2. The highest BCUT2D eigenvalue weighted by molar-refractivity contribution is 5.75. The molecule has 3 N–H and O–H groups in total. The van der Waals surface area contributed by atoms with Gasteiger partial charge in [0.1, 0.15) is 0 Å². The van der Waals surface area contributed by atoms with Gasteiger partial charge in [-0.05, 0) is 49.9 Å². The van der Waals surface area contributed by atoms with Gasteiger partial charge < -0.3 is 15.7 Å². The summed E-state index contributed by atoms with van der Waals surface area (Å²) in [6.45, 7) is 8.08. The zero-order valence-electron chi connectivity index (χ0n) is 13.5. The lowest BCUT2D eigenvalue weighted by molar-refractivity contribution is -0.150. The van der Waals surface area contributed by atoms with Crippen LogP contribution in [-0.2, 0) is 4.79 Å². The number of urea groups is 1. The number of carboxylic acids is 1. The maximum Gasteiger partial charge on any atom is 0.315 e. The number of hydrogen-bond acceptors (Lipinski definition) is 2. The van der Waals surface area contributed by atoms with E-state index < -0.39 is 5.97 Å². The molecule has 2 amide bonds. The van der Waals surface area contributed by atoms with Crippen LogP contribution in [0, 0.1) is 23.2 Å². The molecule has 2 rings (SSSR count). The van der Waals surface area contributed by atoms with Crippen molar-refractivity contribution < 1.29 is 14.7 Å². The molecule has 0 radical (unpaired) electrons. The number of hydrogen-bond donors (Lipinski definition) is 3. The SMILES string of the molecule is CC(NC(=O)NC1CCC(C(=O)O)C(C)(C)C1C)C1CC1. The number of rotatable bonds is 4. The number of carbonyl (C=O) groups excluding carboxylic acids is 1. The van der Waals surface area contributed by atoms with Crippen molar-refractivity contribution in [2.75, 3.05) is 0 Å². The van der Waals surface area contributed by atoms with Gasteiger partial charge in [0.2, 0.25) is 0 Å². The lowest BCUT2D eigenvalue weighted by Gasteiger charge is -2.46. The van der Waals surface area contributed by atoms with Crippen LogP contribution in [0.25, 0.3) is 0 Å². The summed E-state index contributed by atoms with van der Waals surface area (Å²) in [4.78, 5) is 23.5. The Hall–Kier alpha value is -1.26. The zero-order valence-corrected chi connectivity index (χ0v) is 13.5. The maximum absolute atomic E-state index is 12.1. The molecule has 2 saturated carbocycles. The summed E-state index contributed by atoms with van der Waals surface area (Å²) in [5.74, 6) is -0.294. The first-order valence-electron chi connectivity index (χ1n) is 8.03. The van der Waals surface area contributed by atoms with E-state index in [1.807, 2.05) is 27.7 Å². The standard InChI is InChI=1S/C16H28N2O3/c1-9-13(8-7-12(14(19)20)16(9,3)4)18-15(21)17-10(2)11-5-6-11/h9-13H,5-8H2,1-4H3,(H,19,20)(H2,17,18,21). The Morgan fingerprint density at radius 2 is 1.81 bits per heavy atom. The van der Waals surface area contributed by atoms with Gasteiger partial charge in [-0.25, -0.2) is 4.79 Å². The Morgan fingerprint density at radius 1 is 1.19 bits per heavy atom. The highest BCUT2D eigenvalue weighted by atomic mass is 16.4. The first kappa shape index (κ1) is 16.1. The smallest absolute Gasteiger partial charge is 0.315 e. The summed E-state index contributed by atoms with van der Waals surface area (Å²) in [6, 6.07) is 0.154. The third-order valence-electron chi connectivity index (χ3n) is 5.74. The lowest BCUT2D eigenvalue weighted by Crippen LogP contribution is -2.55. The minimum Gasteiger partial charge on any atom is -0.481 e. The van der Waals surface area contributed by atoms with Crippen molar-refractivity contribution in [1.29, 1.82) is 0 Å². The quantitative estimate of drug-likeness (QED) is 0.746. The lowest BCUT2D eigenvalue weighted by atomic mass is 9.61. The second-order valence-corrected chi connectivity index (χ2v) is 7.43. The van der Waals surface area contributed by atoms with E-state index in [0.717, 1.165) is 6.42 Å². The molecule has 2 aliphatic rings. The molecule has 5 heteroatoms. The summed E-state index contributed by atoms with van der Waals surface area (Å²) in [6.07, 6.45) is 3.76. The van der Waals surface area contributed by atoms with Gasteiger partial charge in [0.25, 0.3) is 0 Å². The van der Waals surface area contributed by atoms with E-state index in [0.29, 0.717) is 12.3 Å². The molecule has 21 heavy (non-hydrogen) atoms. The van der Waals surface area contributed by atoms with Crippen LogP contribution in [0.4, 0.5) is 4.79 Å². The predicted molar refractivity (Wildman–Crippen MR) is 80.9 cm³/mol. The van der Waals surface area contributed by atoms with Crippen LogP contribution in [0.1, 0.15) is 53.4 Å². The van der Waals surface area contributed by atoms with Crippen molar-refractivity contribution in [1.82, 2.24) is 10.6 Å². The van der Waals surface area contributed by atoms with Gasteiger partial charge in [-0.2, -0.15) is 0 Å². The predicted octanol–water partition coefficient (Wildman–Crippen LogP) is 2.61. The van der Waals surface area contributed by atoms with Crippen LogP contribution >= 0.6 is 0 Å². The van der Waals surface area contributed by atoms with E-state index >= 15 is 0 Å². The van der Waals surface area contributed by atoms with Gasteiger partial charge in [0.05, 0.1) is 5.92 Å². The van der Waals surface area contributed by atoms with Crippen LogP contribution in [0.15, 0.2) is 0 Å². The molecule has 5 nitrogen and oxygen atoms in total. The molecule has 2 fully saturated rings. The van der Waals surface area contributed by atoms with E-state index in [2.05, 4.69) is 10.6 Å². The molecule has 0 spiro atoms. The van der Waals surface area contributed by atoms with E-state index in [1.54, 1.807) is 0 Å². The van der Waals surface area contributed by atoms with Gasteiger partial charge in [-0.3, -0.25) is 4.79 Å². The largest absolute Gasteiger partial charge is 0.481 e. The fraction of sp³-hybridized carbons (Fsp3) is 0.875. The Bertz CT molecular complexity index is 418.